The van der Waals surface area contributed by atoms with Crippen molar-refractivity contribution < 1.29 is 18.3 Å². The summed E-state index contributed by atoms with van der Waals surface area (Å²) < 4.78 is 23.2. The summed E-state index contributed by atoms with van der Waals surface area (Å²) in [6.07, 6.45) is 17.0. The fourth-order valence-electron chi connectivity index (χ4n) is 3.53. The molecule has 0 saturated carbocycles. The van der Waals surface area contributed by atoms with Gasteiger partial charge in [-0.1, -0.05) is 70.4 Å². The summed E-state index contributed by atoms with van der Waals surface area (Å²) in [6.45, 7) is 2.18. The minimum absolute atomic E-state index is 0.113. The topological polar surface area (TPSA) is 71.4 Å². The molecular weight excluding hydrogens is 336 g/mol. The first-order valence-corrected chi connectivity index (χ1v) is 11.0. The normalized spacial score (nSPS) is 20.0. The highest BCUT2D eigenvalue weighted by Gasteiger charge is 2.22. The molecule has 4 nitrogen and oxygen atoms in total. The molecule has 0 aliphatic heterocycles. The third kappa shape index (κ3) is 9.83. The molecule has 0 bridgehead atoms. The Labute approximate surface area is 154 Å². The van der Waals surface area contributed by atoms with Crippen LogP contribution in [0.3, 0.4) is 0 Å². The van der Waals surface area contributed by atoms with Gasteiger partial charge in [0.25, 0.3) is 0 Å². The highest BCUT2D eigenvalue weighted by molar-refractivity contribution is 7.73. The summed E-state index contributed by atoms with van der Waals surface area (Å²) in [5.41, 5.74) is 0. The highest BCUT2D eigenvalue weighted by Crippen LogP contribution is 2.27. The van der Waals surface area contributed by atoms with Gasteiger partial charge >= 0.3 is 5.97 Å². The van der Waals surface area contributed by atoms with Crippen LogP contribution in [0.25, 0.3) is 0 Å². The van der Waals surface area contributed by atoms with Gasteiger partial charge in [-0.3, -0.25) is 4.79 Å². The Morgan fingerprint density at radius 3 is 2.32 bits per heavy atom. The Bertz CT molecular complexity index is 540. The number of allylic oxidation sites excluding steroid dienone is 2. The van der Waals surface area contributed by atoms with Crippen LogP contribution in [0.4, 0.5) is 0 Å². The number of carboxylic acids is 1. The molecule has 1 rings (SSSR count). The number of hydrogen-bond acceptors (Lipinski definition) is 3. The van der Waals surface area contributed by atoms with Gasteiger partial charge in [-0.15, -0.1) is 0 Å². The smallest absolute Gasteiger partial charge is 0.303 e. The van der Waals surface area contributed by atoms with E-state index in [2.05, 4.69) is 19.1 Å². The van der Waals surface area contributed by atoms with E-state index in [1.54, 1.807) is 0 Å². The number of carbonyl (C=O) groups is 1. The Balaban J connectivity index is 2.31. The molecule has 0 radical (unpaired) electrons. The molecule has 25 heavy (non-hydrogen) atoms. The molecule has 0 heterocycles. The van der Waals surface area contributed by atoms with Gasteiger partial charge in [-0.25, -0.2) is 0 Å². The van der Waals surface area contributed by atoms with E-state index in [1.807, 2.05) is 0 Å². The van der Waals surface area contributed by atoms with Crippen LogP contribution in [0.15, 0.2) is 12.2 Å². The Morgan fingerprint density at radius 2 is 1.64 bits per heavy atom. The van der Waals surface area contributed by atoms with E-state index < -0.39 is 16.3 Å². The van der Waals surface area contributed by atoms with Crippen molar-refractivity contribution in [2.45, 2.75) is 90.4 Å². The fraction of sp³-hybridized carbons (Fsp3) is 0.800. The third-order valence-corrected chi connectivity index (χ3v) is 5.94. The molecule has 2 atom stereocenters. The zero-order valence-electron chi connectivity index (χ0n) is 15.6. The van der Waals surface area contributed by atoms with E-state index in [9.17, 15) is 13.2 Å². The lowest BCUT2D eigenvalue weighted by atomic mass is 9.83. The van der Waals surface area contributed by atoms with Crippen LogP contribution in [0, 0.1) is 11.8 Å². The molecule has 0 aromatic rings. The average Bonchev–Trinajstić information content (AvgIpc) is 2.58. The van der Waals surface area contributed by atoms with Gasteiger partial charge in [0.15, 0.2) is 0 Å². The first-order valence-electron chi connectivity index (χ1n) is 9.89. The lowest BCUT2D eigenvalue weighted by Gasteiger charge is -2.23. The van der Waals surface area contributed by atoms with Gasteiger partial charge < -0.3 is 5.11 Å². The Morgan fingerprint density at radius 1 is 1.00 bits per heavy atom. The molecule has 5 heteroatoms. The van der Waals surface area contributed by atoms with E-state index in [4.69, 9.17) is 5.11 Å². The maximum atomic E-state index is 11.6. The second kappa shape index (κ2) is 13.2. The number of aliphatic carboxylic acids is 1. The molecule has 2 unspecified atom stereocenters. The maximum Gasteiger partial charge on any atom is 0.303 e. The Hall–Kier alpha value is -1.10. The second-order valence-electron chi connectivity index (χ2n) is 7.21. The highest BCUT2D eigenvalue weighted by atomic mass is 32.2. The van der Waals surface area contributed by atoms with Crippen molar-refractivity contribution in [3.8, 4) is 0 Å². The predicted molar refractivity (Wildman–Crippen MR) is 103 cm³/mol. The molecule has 144 valence electrons. The zero-order chi connectivity index (χ0) is 18.5. The number of unbranched alkanes of at least 4 members (excludes halogenated alkanes) is 7. The van der Waals surface area contributed by atoms with Gasteiger partial charge in [0.2, 0.25) is 10.3 Å². The van der Waals surface area contributed by atoms with Crippen LogP contribution in [0.1, 0.15) is 90.4 Å². The first-order chi connectivity index (χ1) is 12.0. The van der Waals surface area contributed by atoms with Crippen molar-refractivity contribution in [1.29, 1.82) is 0 Å². The monoisotopic (exact) mass is 370 g/mol. The SMILES string of the molecule is CCCCCCC1C=CC(CCCCCCCC(=O)O)CC1=S(=O)=O. The molecule has 0 aromatic heterocycles. The summed E-state index contributed by atoms with van der Waals surface area (Å²) in [4.78, 5) is 11.1. The maximum absolute atomic E-state index is 11.6. The summed E-state index contributed by atoms with van der Waals surface area (Å²) >= 11 is 0. The lowest BCUT2D eigenvalue weighted by Crippen LogP contribution is -2.21. The van der Waals surface area contributed by atoms with E-state index in [-0.39, 0.29) is 12.3 Å². The number of carboxylic acid groups (broad SMARTS) is 1. The van der Waals surface area contributed by atoms with Gasteiger partial charge in [0.05, 0.1) is 4.86 Å². The van der Waals surface area contributed by atoms with Crippen LogP contribution in [-0.2, 0) is 15.1 Å². The average molecular weight is 371 g/mol. The first kappa shape index (κ1) is 21.9. The van der Waals surface area contributed by atoms with Gasteiger partial charge in [0, 0.05) is 12.3 Å². The summed E-state index contributed by atoms with van der Waals surface area (Å²) in [5, 5.41) is 8.60. The quantitative estimate of drug-likeness (QED) is 0.281. The second-order valence-corrected chi connectivity index (χ2v) is 8.20. The van der Waals surface area contributed by atoms with Gasteiger partial charge in [0.1, 0.15) is 0 Å². The largest absolute Gasteiger partial charge is 0.481 e. The minimum atomic E-state index is -2.07. The third-order valence-electron chi connectivity index (χ3n) is 5.04. The standard InChI is InChI=1S/C20H34O4S/c1-2-3-4-9-12-18-15-14-17(16-19(18)25(23)24)11-8-6-5-7-10-13-20(21)22/h14-15,17-18H,2-13,16H2,1H3,(H,21,22). The molecule has 1 aliphatic rings. The summed E-state index contributed by atoms with van der Waals surface area (Å²) in [7, 11) is -2.07. The molecule has 0 spiro atoms. The minimum Gasteiger partial charge on any atom is -0.481 e. The molecule has 0 saturated heterocycles. The van der Waals surface area contributed by atoms with Crippen molar-refractivity contribution in [2.24, 2.45) is 11.8 Å². The molecule has 0 fully saturated rings. The number of hydrogen-bond donors (Lipinski definition) is 1. The van der Waals surface area contributed by atoms with Gasteiger partial charge in [-0.05, 0) is 31.6 Å². The van der Waals surface area contributed by atoms with Crippen molar-refractivity contribution >= 4 is 21.1 Å². The zero-order valence-corrected chi connectivity index (χ0v) is 16.4. The van der Waals surface area contributed by atoms with Crippen molar-refractivity contribution in [2.75, 3.05) is 0 Å². The predicted octanol–water partition coefficient (Wildman–Crippen LogP) is 5.02. The van der Waals surface area contributed by atoms with Crippen LogP contribution in [-0.4, -0.2) is 24.4 Å². The van der Waals surface area contributed by atoms with E-state index >= 15 is 0 Å². The fourth-order valence-corrected chi connectivity index (χ4v) is 4.32. The van der Waals surface area contributed by atoms with Crippen LogP contribution < -0.4 is 0 Å². The lowest BCUT2D eigenvalue weighted by molar-refractivity contribution is -0.137. The Kier molecular flexibility index (Phi) is 11.5. The van der Waals surface area contributed by atoms with Crippen LogP contribution in [0.2, 0.25) is 0 Å². The van der Waals surface area contributed by atoms with E-state index in [0.29, 0.717) is 17.2 Å². The molecule has 0 amide bonds. The van der Waals surface area contributed by atoms with Crippen molar-refractivity contribution in [3.05, 3.63) is 12.2 Å². The summed E-state index contributed by atoms with van der Waals surface area (Å²) in [6, 6.07) is 0. The van der Waals surface area contributed by atoms with Gasteiger partial charge in [-0.2, -0.15) is 8.42 Å². The summed E-state index contributed by atoms with van der Waals surface area (Å²) in [5.74, 6) is -0.258. The molecule has 1 N–H and O–H groups in total. The van der Waals surface area contributed by atoms with E-state index in [1.165, 1.54) is 19.3 Å². The molecule has 1 aliphatic carbocycles. The van der Waals surface area contributed by atoms with Crippen molar-refractivity contribution in [3.63, 3.8) is 0 Å². The molecular formula is C20H34O4S. The van der Waals surface area contributed by atoms with Crippen molar-refractivity contribution in [1.82, 2.24) is 0 Å². The van der Waals surface area contributed by atoms with Crippen LogP contribution in [0.5, 0.6) is 0 Å². The molecule has 0 aromatic carbocycles. The van der Waals surface area contributed by atoms with E-state index in [0.717, 1.165) is 51.4 Å². The van der Waals surface area contributed by atoms with Crippen LogP contribution >= 0.6 is 0 Å². The number of rotatable bonds is 13.